The van der Waals surface area contributed by atoms with Crippen molar-refractivity contribution < 1.29 is 27.9 Å². The van der Waals surface area contributed by atoms with Crippen molar-refractivity contribution >= 4 is 21.8 Å². The molecule has 7 nitrogen and oxygen atoms in total. The molecule has 1 aromatic carbocycles. The quantitative estimate of drug-likeness (QED) is 0.757. The van der Waals surface area contributed by atoms with E-state index in [1.807, 2.05) is 6.92 Å². The molecule has 0 aromatic heterocycles. The van der Waals surface area contributed by atoms with Crippen LogP contribution < -0.4 is 0 Å². The second-order valence-electron chi connectivity index (χ2n) is 8.01. The summed E-state index contributed by atoms with van der Waals surface area (Å²) in [6.45, 7) is 8.18. The number of aliphatic hydroxyl groups is 1. The Morgan fingerprint density at radius 3 is 2.41 bits per heavy atom. The number of β-amino-alcohol motifs (C(OH)–C–C–N with tert-alkyl or cyclic N) is 1. The van der Waals surface area contributed by atoms with Crippen LogP contribution in [0.5, 0.6) is 0 Å². The highest BCUT2D eigenvalue weighted by atomic mass is 32.2. The molecule has 2 atom stereocenters. The number of Topliss-reactive ketones (excluding diaryl/α,β-unsaturated/α-hetero) is 1. The second-order valence-corrected chi connectivity index (χ2v) is 9.90. The number of carbonyl (C=O) groups is 2. The molecule has 0 spiro atoms. The van der Waals surface area contributed by atoms with Crippen molar-refractivity contribution in [2.45, 2.75) is 58.1 Å². The van der Waals surface area contributed by atoms with Crippen molar-refractivity contribution in [3.05, 3.63) is 29.3 Å². The summed E-state index contributed by atoms with van der Waals surface area (Å²) in [7, 11) is -3.98. The number of hydrogen-bond donors (Lipinski definition) is 1. The summed E-state index contributed by atoms with van der Waals surface area (Å²) >= 11 is 0. The zero-order valence-electron chi connectivity index (χ0n) is 16.4. The van der Waals surface area contributed by atoms with E-state index in [0.717, 1.165) is 15.4 Å². The maximum absolute atomic E-state index is 13.0. The van der Waals surface area contributed by atoms with Crippen molar-refractivity contribution in [3.8, 4) is 0 Å². The number of benzene rings is 1. The van der Waals surface area contributed by atoms with Crippen LogP contribution in [0.25, 0.3) is 0 Å². The molecule has 1 fully saturated rings. The Morgan fingerprint density at radius 1 is 1.22 bits per heavy atom. The monoisotopic (exact) mass is 397 g/mol. The van der Waals surface area contributed by atoms with Gasteiger partial charge in [-0.1, -0.05) is 26.8 Å². The maximum atomic E-state index is 13.0. The van der Waals surface area contributed by atoms with E-state index < -0.39 is 40.2 Å². The average molecular weight is 397 g/mol. The van der Waals surface area contributed by atoms with Crippen LogP contribution in [0.4, 0.5) is 0 Å². The second kappa shape index (κ2) is 7.69. The predicted molar refractivity (Wildman–Crippen MR) is 99.6 cm³/mol. The minimum atomic E-state index is -3.98. The first-order chi connectivity index (χ1) is 12.3. The Bertz CT molecular complexity index is 840. The van der Waals surface area contributed by atoms with Gasteiger partial charge in [-0.3, -0.25) is 9.59 Å². The summed E-state index contributed by atoms with van der Waals surface area (Å²) in [5.74, 6) is -1.09. The Balaban J connectivity index is 2.23. The van der Waals surface area contributed by atoms with Gasteiger partial charge in [0.25, 0.3) is 0 Å². The standard InChI is InChI=1S/C19H27NO6S/c1-12-6-7-15(8-13(12)2)27(24,25)20-10-14(21)9-16(20)18(23)26-11-17(22)19(3,4)5/h6-8,14,16,21H,9-11H2,1-5H3. The highest BCUT2D eigenvalue weighted by molar-refractivity contribution is 7.89. The van der Waals surface area contributed by atoms with E-state index in [9.17, 15) is 23.1 Å². The van der Waals surface area contributed by atoms with Gasteiger partial charge in [0, 0.05) is 18.4 Å². The molecule has 0 radical (unpaired) electrons. The minimum Gasteiger partial charge on any atom is -0.456 e. The van der Waals surface area contributed by atoms with Gasteiger partial charge in [-0.25, -0.2) is 8.42 Å². The number of aryl methyl sites for hydroxylation is 2. The topological polar surface area (TPSA) is 101 Å². The van der Waals surface area contributed by atoms with E-state index in [4.69, 9.17) is 4.74 Å². The highest BCUT2D eigenvalue weighted by Gasteiger charge is 2.44. The number of esters is 1. The fourth-order valence-corrected chi connectivity index (χ4v) is 4.44. The van der Waals surface area contributed by atoms with E-state index in [1.165, 1.54) is 6.07 Å². The molecular formula is C19H27NO6S. The summed E-state index contributed by atoms with van der Waals surface area (Å²) in [5, 5.41) is 9.95. The highest BCUT2D eigenvalue weighted by Crippen LogP contribution is 2.28. The van der Waals surface area contributed by atoms with Crippen molar-refractivity contribution in [3.63, 3.8) is 0 Å². The zero-order chi connectivity index (χ0) is 20.6. The maximum Gasteiger partial charge on any atom is 0.325 e. The minimum absolute atomic E-state index is 0.0586. The summed E-state index contributed by atoms with van der Waals surface area (Å²) in [6.07, 6.45) is -1.03. The fraction of sp³-hybridized carbons (Fsp3) is 0.579. The number of aliphatic hydroxyl groups excluding tert-OH is 1. The first-order valence-electron chi connectivity index (χ1n) is 8.81. The van der Waals surface area contributed by atoms with E-state index in [1.54, 1.807) is 39.8 Å². The molecule has 1 saturated heterocycles. The first-order valence-corrected chi connectivity index (χ1v) is 10.2. The van der Waals surface area contributed by atoms with E-state index in [-0.39, 0.29) is 23.6 Å². The van der Waals surface area contributed by atoms with Gasteiger partial charge in [0.1, 0.15) is 6.04 Å². The van der Waals surface area contributed by atoms with Crippen LogP contribution in [0.2, 0.25) is 0 Å². The third-order valence-corrected chi connectivity index (χ3v) is 6.64. The Hall–Kier alpha value is -1.77. The summed E-state index contributed by atoms with van der Waals surface area (Å²) in [6, 6.07) is 3.57. The van der Waals surface area contributed by atoms with Crippen LogP contribution in [0.1, 0.15) is 38.3 Å². The van der Waals surface area contributed by atoms with Crippen LogP contribution in [-0.4, -0.2) is 54.9 Å². The predicted octanol–water partition coefficient (Wildman–Crippen LogP) is 1.59. The van der Waals surface area contributed by atoms with Gasteiger partial charge in [0.05, 0.1) is 11.0 Å². The normalized spacial score (nSPS) is 21.3. The number of hydrogen-bond acceptors (Lipinski definition) is 6. The van der Waals surface area contributed by atoms with Gasteiger partial charge in [-0.15, -0.1) is 0 Å². The van der Waals surface area contributed by atoms with Gasteiger partial charge in [0.15, 0.2) is 12.4 Å². The number of ether oxygens (including phenoxy) is 1. The first kappa shape index (κ1) is 21.5. The Kier molecular flexibility index (Phi) is 6.13. The van der Waals surface area contributed by atoms with Crippen molar-refractivity contribution in [1.82, 2.24) is 4.31 Å². The Labute approximate surface area is 160 Å². The van der Waals surface area contributed by atoms with Crippen molar-refractivity contribution in [2.24, 2.45) is 5.41 Å². The molecule has 150 valence electrons. The largest absolute Gasteiger partial charge is 0.456 e. The van der Waals surface area contributed by atoms with Gasteiger partial charge in [-0.2, -0.15) is 4.31 Å². The molecule has 2 unspecified atom stereocenters. The third kappa shape index (κ3) is 4.75. The van der Waals surface area contributed by atoms with Crippen molar-refractivity contribution in [2.75, 3.05) is 13.2 Å². The number of carbonyl (C=O) groups excluding carboxylic acids is 2. The van der Waals surface area contributed by atoms with Crippen molar-refractivity contribution in [1.29, 1.82) is 0 Å². The SMILES string of the molecule is Cc1ccc(S(=O)(=O)N2CC(O)CC2C(=O)OCC(=O)C(C)(C)C)cc1C. The Morgan fingerprint density at radius 2 is 1.85 bits per heavy atom. The number of sulfonamides is 1. The van der Waals surface area contributed by atoms with Crippen LogP contribution in [0.15, 0.2) is 23.1 Å². The lowest BCUT2D eigenvalue weighted by Gasteiger charge is -2.23. The number of rotatable bonds is 5. The molecule has 1 N–H and O–H groups in total. The smallest absolute Gasteiger partial charge is 0.325 e. The lowest BCUT2D eigenvalue weighted by molar-refractivity contribution is -0.153. The van der Waals surface area contributed by atoms with E-state index >= 15 is 0 Å². The summed E-state index contributed by atoms with van der Waals surface area (Å²) in [4.78, 5) is 24.5. The molecule has 27 heavy (non-hydrogen) atoms. The van der Waals surface area contributed by atoms with Crippen LogP contribution in [-0.2, 0) is 24.3 Å². The average Bonchev–Trinajstić information content (AvgIpc) is 2.96. The number of ketones is 1. The summed E-state index contributed by atoms with van der Waals surface area (Å²) < 4.78 is 32.0. The lowest BCUT2D eigenvalue weighted by atomic mass is 9.91. The summed E-state index contributed by atoms with van der Waals surface area (Å²) in [5.41, 5.74) is 1.10. The molecule has 0 saturated carbocycles. The van der Waals surface area contributed by atoms with Crippen LogP contribution in [0, 0.1) is 19.3 Å². The third-order valence-electron chi connectivity index (χ3n) is 4.77. The number of nitrogens with zero attached hydrogens (tertiary/aromatic N) is 1. The molecule has 1 heterocycles. The molecular weight excluding hydrogens is 370 g/mol. The molecule has 1 aromatic rings. The van der Waals surface area contributed by atoms with Gasteiger partial charge in [-0.05, 0) is 37.1 Å². The van der Waals surface area contributed by atoms with E-state index in [2.05, 4.69) is 0 Å². The van der Waals surface area contributed by atoms with Gasteiger partial charge in [0.2, 0.25) is 10.0 Å². The molecule has 2 rings (SSSR count). The van der Waals surface area contributed by atoms with Crippen LogP contribution >= 0.6 is 0 Å². The molecule has 0 bridgehead atoms. The fourth-order valence-electron chi connectivity index (χ4n) is 2.72. The lowest BCUT2D eigenvalue weighted by Crippen LogP contribution is -2.42. The molecule has 1 aliphatic heterocycles. The van der Waals surface area contributed by atoms with Gasteiger partial charge >= 0.3 is 5.97 Å². The molecule has 1 aliphatic rings. The zero-order valence-corrected chi connectivity index (χ0v) is 17.2. The van der Waals surface area contributed by atoms with E-state index in [0.29, 0.717) is 0 Å². The molecule has 0 amide bonds. The molecule has 8 heteroatoms. The van der Waals surface area contributed by atoms with Crippen LogP contribution in [0.3, 0.4) is 0 Å². The molecule has 0 aliphatic carbocycles. The van der Waals surface area contributed by atoms with Gasteiger partial charge < -0.3 is 9.84 Å².